The molecule has 1 rings (SSSR count). The maximum absolute atomic E-state index is 12.4. The number of hydrogen-bond donors (Lipinski definition) is 0. The van der Waals surface area contributed by atoms with Gasteiger partial charge in [0.2, 0.25) is 5.95 Å². The molecule has 0 saturated heterocycles. The third kappa shape index (κ3) is 1.74. The van der Waals surface area contributed by atoms with Crippen molar-refractivity contribution in [1.82, 2.24) is 4.98 Å². The second-order valence-electron chi connectivity index (χ2n) is 2.27. The van der Waals surface area contributed by atoms with Gasteiger partial charge in [0.1, 0.15) is 0 Å². The monoisotopic (exact) mass is 150 g/mol. The number of pyridine rings is 1. The van der Waals surface area contributed by atoms with Gasteiger partial charge in [0, 0.05) is 6.20 Å². The van der Waals surface area contributed by atoms with Crippen LogP contribution in [0.3, 0.4) is 0 Å². The van der Waals surface area contributed by atoms with Crippen LogP contribution in [0.2, 0.25) is 0 Å². The van der Waals surface area contributed by atoms with Crippen LogP contribution in [0.1, 0.15) is 11.1 Å². The Morgan fingerprint density at radius 3 is 3.00 bits per heavy atom. The molecule has 0 aliphatic heterocycles. The molecule has 0 radical (unpaired) electrons. The minimum Gasteiger partial charge on any atom is -0.228 e. The summed E-state index contributed by atoms with van der Waals surface area (Å²) in [5.74, 6) is -0.496. The number of nitriles is 1. The number of aryl methyl sites for hydroxylation is 1. The first kappa shape index (κ1) is 7.67. The smallest absolute Gasteiger partial charge is 0.213 e. The Balaban J connectivity index is 3.01. The van der Waals surface area contributed by atoms with Gasteiger partial charge in [-0.05, 0) is 24.1 Å². The highest BCUT2D eigenvalue weighted by molar-refractivity contribution is 5.24. The average Bonchev–Trinajstić information content (AvgIpc) is 1.95. The van der Waals surface area contributed by atoms with Crippen LogP contribution in [-0.2, 0) is 6.42 Å². The summed E-state index contributed by atoms with van der Waals surface area (Å²) in [6.07, 6.45) is 1.69. The summed E-state index contributed by atoms with van der Waals surface area (Å²) in [7, 11) is 0. The molecule has 11 heavy (non-hydrogen) atoms. The SMILES string of the molecule is Cc1cc(F)ncc1CC#N. The molecular formula is C8H7FN2. The Bertz CT molecular complexity index is 301. The average molecular weight is 150 g/mol. The van der Waals surface area contributed by atoms with E-state index >= 15 is 0 Å². The van der Waals surface area contributed by atoms with Crippen LogP contribution in [0.5, 0.6) is 0 Å². The molecule has 0 aromatic carbocycles. The quantitative estimate of drug-likeness (QED) is 0.570. The number of hydrogen-bond acceptors (Lipinski definition) is 2. The van der Waals surface area contributed by atoms with Crippen LogP contribution < -0.4 is 0 Å². The third-order valence-corrected chi connectivity index (χ3v) is 1.46. The summed E-state index contributed by atoms with van der Waals surface area (Å²) in [5.41, 5.74) is 1.56. The van der Waals surface area contributed by atoms with Gasteiger partial charge in [-0.2, -0.15) is 9.65 Å². The molecule has 1 aromatic heterocycles. The molecule has 56 valence electrons. The number of nitrogens with zero attached hydrogens (tertiary/aromatic N) is 2. The van der Waals surface area contributed by atoms with Crippen molar-refractivity contribution in [3.63, 3.8) is 0 Å². The Hall–Kier alpha value is -1.43. The van der Waals surface area contributed by atoms with E-state index in [-0.39, 0.29) is 0 Å². The second-order valence-corrected chi connectivity index (χ2v) is 2.27. The zero-order valence-corrected chi connectivity index (χ0v) is 6.13. The summed E-state index contributed by atoms with van der Waals surface area (Å²) in [4.78, 5) is 3.44. The Morgan fingerprint density at radius 2 is 2.45 bits per heavy atom. The van der Waals surface area contributed by atoms with Gasteiger partial charge >= 0.3 is 0 Å². The Morgan fingerprint density at radius 1 is 1.73 bits per heavy atom. The third-order valence-electron chi connectivity index (χ3n) is 1.46. The summed E-state index contributed by atoms with van der Waals surface area (Å²) < 4.78 is 12.4. The minimum absolute atomic E-state index is 0.291. The molecule has 0 aliphatic carbocycles. The zero-order chi connectivity index (χ0) is 8.27. The van der Waals surface area contributed by atoms with Crippen molar-refractivity contribution in [2.75, 3.05) is 0 Å². The fraction of sp³-hybridized carbons (Fsp3) is 0.250. The normalized spacial score (nSPS) is 9.18. The highest BCUT2D eigenvalue weighted by Crippen LogP contribution is 2.07. The van der Waals surface area contributed by atoms with Gasteiger partial charge in [-0.1, -0.05) is 0 Å². The molecule has 0 saturated carbocycles. The Kier molecular flexibility index (Phi) is 2.17. The van der Waals surface area contributed by atoms with E-state index < -0.39 is 5.95 Å². The van der Waals surface area contributed by atoms with Crippen LogP contribution in [0.4, 0.5) is 4.39 Å². The molecular weight excluding hydrogens is 143 g/mol. The first-order valence-electron chi connectivity index (χ1n) is 3.22. The fourth-order valence-electron chi connectivity index (χ4n) is 0.820. The summed E-state index contributed by atoms with van der Waals surface area (Å²) >= 11 is 0. The van der Waals surface area contributed by atoms with Crippen molar-refractivity contribution in [2.45, 2.75) is 13.3 Å². The first-order chi connectivity index (χ1) is 5.24. The fourth-order valence-corrected chi connectivity index (χ4v) is 0.820. The van der Waals surface area contributed by atoms with E-state index in [2.05, 4.69) is 4.98 Å². The molecule has 1 aromatic rings. The van der Waals surface area contributed by atoms with Crippen molar-refractivity contribution in [1.29, 1.82) is 5.26 Å². The molecule has 0 fully saturated rings. The molecule has 2 nitrogen and oxygen atoms in total. The molecule has 3 heteroatoms. The van der Waals surface area contributed by atoms with Gasteiger partial charge < -0.3 is 0 Å². The molecule has 0 aliphatic rings. The molecule has 0 atom stereocenters. The Labute approximate surface area is 64.3 Å². The maximum atomic E-state index is 12.4. The summed E-state index contributed by atoms with van der Waals surface area (Å²) in [6, 6.07) is 3.31. The molecule has 0 bridgehead atoms. The largest absolute Gasteiger partial charge is 0.228 e. The lowest BCUT2D eigenvalue weighted by Gasteiger charge is -1.98. The highest BCUT2D eigenvalue weighted by atomic mass is 19.1. The van der Waals surface area contributed by atoms with Crippen molar-refractivity contribution < 1.29 is 4.39 Å². The van der Waals surface area contributed by atoms with Crippen LogP contribution in [0.25, 0.3) is 0 Å². The number of halogens is 1. The van der Waals surface area contributed by atoms with Crippen LogP contribution >= 0.6 is 0 Å². The first-order valence-corrected chi connectivity index (χ1v) is 3.22. The van der Waals surface area contributed by atoms with Crippen LogP contribution in [-0.4, -0.2) is 4.98 Å². The van der Waals surface area contributed by atoms with E-state index in [9.17, 15) is 4.39 Å². The predicted molar refractivity (Wildman–Crippen MR) is 38.2 cm³/mol. The maximum Gasteiger partial charge on any atom is 0.213 e. The number of aromatic nitrogens is 1. The molecule has 0 amide bonds. The zero-order valence-electron chi connectivity index (χ0n) is 6.13. The van der Waals surface area contributed by atoms with Crippen LogP contribution in [0, 0.1) is 24.2 Å². The van der Waals surface area contributed by atoms with Gasteiger partial charge in [0.25, 0.3) is 0 Å². The number of rotatable bonds is 1. The van der Waals surface area contributed by atoms with E-state index in [0.29, 0.717) is 6.42 Å². The highest BCUT2D eigenvalue weighted by Gasteiger charge is 1.98. The lowest BCUT2D eigenvalue weighted by atomic mass is 10.1. The van der Waals surface area contributed by atoms with E-state index in [1.165, 1.54) is 12.3 Å². The summed E-state index contributed by atoms with van der Waals surface area (Å²) in [5, 5.41) is 8.34. The van der Waals surface area contributed by atoms with E-state index in [0.717, 1.165) is 11.1 Å². The van der Waals surface area contributed by atoms with Gasteiger partial charge in [-0.3, -0.25) is 0 Å². The standard InChI is InChI=1S/C8H7FN2/c1-6-4-8(9)11-5-7(6)2-3-10/h4-5H,2H2,1H3. The van der Waals surface area contributed by atoms with Gasteiger partial charge in [-0.25, -0.2) is 4.98 Å². The second kappa shape index (κ2) is 3.11. The van der Waals surface area contributed by atoms with Crippen LogP contribution in [0.15, 0.2) is 12.3 Å². The van der Waals surface area contributed by atoms with Gasteiger partial charge in [-0.15, -0.1) is 0 Å². The van der Waals surface area contributed by atoms with Crippen molar-refractivity contribution >= 4 is 0 Å². The van der Waals surface area contributed by atoms with E-state index in [1.54, 1.807) is 6.92 Å². The predicted octanol–water partition coefficient (Wildman–Crippen LogP) is 1.60. The topological polar surface area (TPSA) is 36.7 Å². The molecule has 0 N–H and O–H groups in total. The molecule has 1 heterocycles. The molecule has 0 spiro atoms. The lowest BCUT2D eigenvalue weighted by molar-refractivity contribution is 0.581. The molecule has 0 unspecified atom stereocenters. The van der Waals surface area contributed by atoms with Gasteiger partial charge in [0.05, 0.1) is 12.5 Å². The van der Waals surface area contributed by atoms with Crippen molar-refractivity contribution in [3.8, 4) is 6.07 Å². The minimum atomic E-state index is -0.496. The summed E-state index contributed by atoms with van der Waals surface area (Å²) in [6.45, 7) is 1.76. The van der Waals surface area contributed by atoms with Gasteiger partial charge in [0.15, 0.2) is 0 Å². The lowest BCUT2D eigenvalue weighted by Crippen LogP contribution is -1.91. The van der Waals surface area contributed by atoms with E-state index in [4.69, 9.17) is 5.26 Å². The van der Waals surface area contributed by atoms with Crippen molar-refractivity contribution in [3.05, 3.63) is 29.3 Å². The van der Waals surface area contributed by atoms with Crippen molar-refractivity contribution in [2.24, 2.45) is 0 Å². The van der Waals surface area contributed by atoms with E-state index in [1.807, 2.05) is 6.07 Å².